The average molecular weight is 325 g/mol. The van der Waals surface area contributed by atoms with Crippen LogP contribution in [0.3, 0.4) is 0 Å². The van der Waals surface area contributed by atoms with Crippen molar-refractivity contribution >= 4 is 11.9 Å². The molecule has 0 bridgehead atoms. The molecule has 1 heterocycles. The van der Waals surface area contributed by atoms with E-state index in [1.165, 1.54) is 4.90 Å². The highest BCUT2D eigenvalue weighted by Crippen LogP contribution is 2.25. The van der Waals surface area contributed by atoms with Crippen molar-refractivity contribution in [2.45, 2.75) is 25.6 Å². The highest BCUT2D eigenvalue weighted by Gasteiger charge is 2.34. The van der Waals surface area contributed by atoms with Crippen molar-refractivity contribution in [1.82, 2.24) is 4.90 Å². The molecule has 1 aliphatic heterocycles. The number of fused-ring (bicyclic) bond motifs is 1. The van der Waals surface area contributed by atoms with E-state index < -0.39 is 12.0 Å². The number of hydrogen-bond acceptors (Lipinski definition) is 3. The first-order valence-corrected chi connectivity index (χ1v) is 7.78. The quantitative estimate of drug-likeness (QED) is 0.938. The fourth-order valence-electron chi connectivity index (χ4n) is 3.03. The molecule has 5 heteroatoms. The summed E-state index contributed by atoms with van der Waals surface area (Å²) in [6, 6.07) is 13.9. The highest BCUT2D eigenvalue weighted by molar-refractivity contribution is 5.97. The number of benzene rings is 2. The number of methoxy groups -OCH3 is 1. The zero-order valence-corrected chi connectivity index (χ0v) is 13.4. The van der Waals surface area contributed by atoms with Crippen LogP contribution in [-0.4, -0.2) is 35.0 Å². The first-order valence-electron chi connectivity index (χ1n) is 7.78. The first-order chi connectivity index (χ1) is 11.6. The maximum atomic E-state index is 12.8. The van der Waals surface area contributed by atoms with Crippen molar-refractivity contribution in [3.05, 3.63) is 70.8 Å². The van der Waals surface area contributed by atoms with Crippen LogP contribution in [0.15, 0.2) is 48.5 Å². The number of ether oxygens (including phenoxy) is 1. The highest BCUT2D eigenvalue weighted by atomic mass is 16.5. The lowest BCUT2D eigenvalue weighted by atomic mass is 9.93. The Bertz CT molecular complexity index is 754. The van der Waals surface area contributed by atoms with E-state index >= 15 is 0 Å². The minimum atomic E-state index is -0.978. The Morgan fingerprint density at radius 3 is 2.42 bits per heavy atom. The summed E-state index contributed by atoms with van der Waals surface area (Å²) in [6.45, 7) is 0.787. The summed E-state index contributed by atoms with van der Waals surface area (Å²) >= 11 is 0. The molecular weight excluding hydrogens is 306 g/mol. The van der Waals surface area contributed by atoms with E-state index in [0.717, 1.165) is 16.7 Å². The number of carboxylic acids is 1. The SMILES string of the molecule is COCc1ccc(C(=O)N2Cc3ccccc3CC2C(=O)O)cc1. The molecule has 2 aromatic rings. The number of nitrogens with zero attached hydrogens (tertiary/aromatic N) is 1. The standard InChI is InChI=1S/C19H19NO4/c1-24-12-13-6-8-14(9-7-13)18(21)20-11-16-5-3-2-4-15(16)10-17(20)19(22)23/h2-9,17H,10-12H2,1H3,(H,22,23). The van der Waals surface area contributed by atoms with Crippen molar-refractivity contribution in [3.8, 4) is 0 Å². The number of aliphatic carboxylic acids is 1. The Hall–Kier alpha value is -2.66. The fourth-order valence-corrected chi connectivity index (χ4v) is 3.03. The number of rotatable bonds is 4. The van der Waals surface area contributed by atoms with Crippen molar-refractivity contribution in [3.63, 3.8) is 0 Å². The fraction of sp³-hybridized carbons (Fsp3) is 0.263. The van der Waals surface area contributed by atoms with Gasteiger partial charge in [-0.1, -0.05) is 36.4 Å². The van der Waals surface area contributed by atoms with Crippen LogP contribution in [0.5, 0.6) is 0 Å². The number of hydrogen-bond donors (Lipinski definition) is 1. The third-order valence-corrected chi connectivity index (χ3v) is 4.31. The maximum absolute atomic E-state index is 12.8. The predicted molar refractivity (Wildman–Crippen MR) is 88.6 cm³/mol. The second kappa shape index (κ2) is 6.84. The molecule has 1 N–H and O–H groups in total. The van der Waals surface area contributed by atoms with Crippen molar-refractivity contribution < 1.29 is 19.4 Å². The number of carboxylic acid groups (broad SMARTS) is 1. The Morgan fingerprint density at radius 2 is 1.79 bits per heavy atom. The molecule has 0 aromatic heterocycles. The van der Waals surface area contributed by atoms with Crippen LogP contribution in [0.2, 0.25) is 0 Å². The summed E-state index contributed by atoms with van der Waals surface area (Å²) in [6.07, 6.45) is 0.332. The second-order valence-electron chi connectivity index (χ2n) is 5.89. The molecule has 1 unspecified atom stereocenters. The molecule has 24 heavy (non-hydrogen) atoms. The zero-order chi connectivity index (χ0) is 17.1. The number of amides is 1. The number of carbonyl (C=O) groups excluding carboxylic acids is 1. The van der Waals surface area contributed by atoms with Gasteiger partial charge >= 0.3 is 5.97 Å². The summed E-state index contributed by atoms with van der Waals surface area (Å²) in [5.74, 6) is -1.24. The Morgan fingerprint density at radius 1 is 1.12 bits per heavy atom. The normalized spacial score (nSPS) is 16.5. The van der Waals surface area contributed by atoms with Gasteiger partial charge < -0.3 is 14.7 Å². The molecule has 1 amide bonds. The van der Waals surface area contributed by atoms with Gasteiger partial charge in [0.1, 0.15) is 6.04 Å². The van der Waals surface area contributed by atoms with E-state index in [9.17, 15) is 14.7 Å². The molecule has 3 rings (SSSR count). The van der Waals surface area contributed by atoms with Gasteiger partial charge in [0.25, 0.3) is 5.91 Å². The minimum Gasteiger partial charge on any atom is -0.480 e. The molecule has 0 spiro atoms. The van der Waals surface area contributed by atoms with Crippen LogP contribution >= 0.6 is 0 Å². The van der Waals surface area contributed by atoms with E-state index in [1.54, 1.807) is 19.2 Å². The third-order valence-electron chi connectivity index (χ3n) is 4.31. The Balaban J connectivity index is 1.88. The van der Waals surface area contributed by atoms with Gasteiger partial charge in [-0.05, 0) is 28.8 Å². The van der Waals surface area contributed by atoms with Crippen molar-refractivity contribution in [2.24, 2.45) is 0 Å². The van der Waals surface area contributed by atoms with Gasteiger partial charge in [0.2, 0.25) is 0 Å². The number of carbonyl (C=O) groups is 2. The van der Waals surface area contributed by atoms with Crippen molar-refractivity contribution in [1.29, 1.82) is 0 Å². The average Bonchev–Trinajstić information content (AvgIpc) is 2.61. The van der Waals surface area contributed by atoms with E-state index in [0.29, 0.717) is 25.1 Å². The van der Waals surface area contributed by atoms with Crippen molar-refractivity contribution in [2.75, 3.05) is 7.11 Å². The summed E-state index contributed by atoms with van der Waals surface area (Å²) in [5.41, 5.74) is 3.44. The lowest BCUT2D eigenvalue weighted by Crippen LogP contribution is -2.48. The largest absolute Gasteiger partial charge is 0.480 e. The van der Waals surface area contributed by atoms with E-state index in [4.69, 9.17) is 4.74 Å². The van der Waals surface area contributed by atoms with Crippen LogP contribution in [-0.2, 0) is 29.1 Å². The van der Waals surface area contributed by atoms with Gasteiger partial charge in [0.15, 0.2) is 0 Å². The predicted octanol–water partition coefficient (Wildman–Crippen LogP) is 2.48. The van der Waals surface area contributed by atoms with Gasteiger partial charge in [-0.15, -0.1) is 0 Å². The lowest BCUT2D eigenvalue weighted by Gasteiger charge is -2.34. The van der Waals surface area contributed by atoms with Gasteiger partial charge in [-0.3, -0.25) is 4.79 Å². The molecule has 1 atom stereocenters. The molecule has 1 aliphatic rings. The molecule has 124 valence electrons. The van der Waals surface area contributed by atoms with E-state index in [1.807, 2.05) is 36.4 Å². The molecule has 5 nitrogen and oxygen atoms in total. The summed E-state index contributed by atoms with van der Waals surface area (Å²) in [5, 5.41) is 9.53. The Kier molecular flexibility index (Phi) is 4.62. The van der Waals surface area contributed by atoms with Gasteiger partial charge in [0, 0.05) is 25.6 Å². The topological polar surface area (TPSA) is 66.8 Å². The summed E-state index contributed by atoms with van der Waals surface area (Å²) in [7, 11) is 1.61. The molecule has 0 fully saturated rings. The zero-order valence-electron chi connectivity index (χ0n) is 13.4. The van der Waals surface area contributed by atoms with Crippen LogP contribution in [0.4, 0.5) is 0 Å². The Labute approximate surface area is 140 Å². The maximum Gasteiger partial charge on any atom is 0.326 e. The molecule has 0 radical (unpaired) electrons. The van der Waals surface area contributed by atoms with Gasteiger partial charge in [-0.2, -0.15) is 0 Å². The third kappa shape index (κ3) is 3.16. The molecule has 0 aliphatic carbocycles. The van der Waals surface area contributed by atoms with E-state index in [-0.39, 0.29) is 5.91 Å². The van der Waals surface area contributed by atoms with Gasteiger partial charge in [0.05, 0.1) is 6.61 Å². The lowest BCUT2D eigenvalue weighted by molar-refractivity contribution is -0.142. The van der Waals surface area contributed by atoms with Crippen LogP contribution in [0.25, 0.3) is 0 Å². The van der Waals surface area contributed by atoms with Crippen LogP contribution in [0, 0.1) is 0 Å². The molecular formula is C19H19NO4. The summed E-state index contributed by atoms with van der Waals surface area (Å²) < 4.78 is 5.06. The van der Waals surface area contributed by atoms with Gasteiger partial charge in [-0.25, -0.2) is 4.79 Å². The first kappa shape index (κ1) is 16.2. The monoisotopic (exact) mass is 325 g/mol. The molecule has 0 saturated carbocycles. The molecule has 0 saturated heterocycles. The van der Waals surface area contributed by atoms with Crippen LogP contribution < -0.4 is 0 Å². The molecule has 2 aromatic carbocycles. The van der Waals surface area contributed by atoms with Crippen LogP contribution in [0.1, 0.15) is 27.0 Å². The van der Waals surface area contributed by atoms with E-state index in [2.05, 4.69) is 0 Å². The smallest absolute Gasteiger partial charge is 0.326 e. The summed E-state index contributed by atoms with van der Waals surface area (Å²) in [4.78, 5) is 25.9. The minimum absolute atomic E-state index is 0.263. The second-order valence-corrected chi connectivity index (χ2v) is 5.89.